The topological polar surface area (TPSA) is 108 Å². The zero-order chi connectivity index (χ0) is 29.6. The van der Waals surface area contributed by atoms with Gasteiger partial charge in [-0.15, -0.1) is 0 Å². The number of hydrogen-bond acceptors (Lipinski definition) is 6. The van der Waals surface area contributed by atoms with Crippen molar-refractivity contribution in [3.05, 3.63) is 154 Å². The van der Waals surface area contributed by atoms with Crippen molar-refractivity contribution in [1.82, 2.24) is 19.7 Å². The van der Waals surface area contributed by atoms with E-state index in [0.717, 1.165) is 33.3 Å². The summed E-state index contributed by atoms with van der Waals surface area (Å²) in [5, 5.41) is 18.0. The van der Waals surface area contributed by atoms with Gasteiger partial charge in [0.1, 0.15) is 18.1 Å². The fourth-order valence-electron chi connectivity index (χ4n) is 5.09. The van der Waals surface area contributed by atoms with Crippen LogP contribution in [0.25, 0.3) is 23.1 Å². The van der Waals surface area contributed by atoms with Gasteiger partial charge in [0, 0.05) is 48.0 Å². The third-order valence-corrected chi connectivity index (χ3v) is 7.27. The molecule has 43 heavy (non-hydrogen) atoms. The average Bonchev–Trinajstić information content (AvgIpc) is 3.75. The van der Waals surface area contributed by atoms with Crippen molar-refractivity contribution in [2.75, 3.05) is 7.11 Å². The number of fused-ring (bicyclic) bond motifs is 1. The maximum absolute atomic E-state index is 12.6. The average molecular weight is 572 g/mol. The third-order valence-electron chi connectivity index (χ3n) is 7.27. The molecule has 2 aromatic carbocycles. The third kappa shape index (κ3) is 6.01. The molecule has 5 aromatic rings. The lowest BCUT2D eigenvalue weighted by atomic mass is 9.89. The lowest BCUT2D eigenvalue weighted by molar-refractivity contribution is -0.587. The van der Waals surface area contributed by atoms with Crippen LogP contribution in [-0.2, 0) is 12.3 Å². The van der Waals surface area contributed by atoms with Crippen LogP contribution in [0, 0.1) is 10.1 Å². The first-order valence-corrected chi connectivity index (χ1v) is 13.7. The molecule has 214 valence electrons. The summed E-state index contributed by atoms with van der Waals surface area (Å²) in [7, 11) is 1.60. The second-order valence-electron chi connectivity index (χ2n) is 10.1. The van der Waals surface area contributed by atoms with Crippen molar-refractivity contribution >= 4 is 23.1 Å². The summed E-state index contributed by atoms with van der Waals surface area (Å²) in [6, 6.07) is 21.1. The summed E-state index contributed by atoms with van der Waals surface area (Å²) in [6.07, 6.45) is 18.2. The summed E-state index contributed by atoms with van der Waals surface area (Å²) in [6.45, 7) is 0.336. The van der Waals surface area contributed by atoms with Gasteiger partial charge in [0.25, 0.3) is 0 Å². The molecule has 3 heterocycles. The molecule has 1 atom stereocenters. The predicted octanol–water partition coefficient (Wildman–Crippen LogP) is 6.96. The molecule has 0 spiro atoms. The Morgan fingerprint density at radius 2 is 1.98 bits per heavy atom. The Morgan fingerprint density at radius 3 is 2.77 bits per heavy atom. The molecule has 1 aliphatic rings. The highest BCUT2D eigenvalue weighted by Crippen LogP contribution is 2.35. The van der Waals surface area contributed by atoms with Gasteiger partial charge in [-0.1, -0.05) is 48.6 Å². The number of pyridine rings is 1. The van der Waals surface area contributed by atoms with E-state index < -0.39 is 5.66 Å². The molecule has 3 aromatic heterocycles. The van der Waals surface area contributed by atoms with Crippen molar-refractivity contribution in [2.24, 2.45) is 0 Å². The predicted molar refractivity (Wildman–Crippen MR) is 166 cm³/mol. The molecule has 9 nitrogen and oxygen atoms in total. The Balaban J connectivity index is 1.30. The molecule has 9 heteroatoms. The largest absolute Gasteiger partial charge is 0.496 e. The zero-order valence-corrected chi connectivity index (χ0v) is 23.5. The van der Waals surface area contributed by atoms with Crippen LogP contribution in [0.2, 0.25) is 0 Å². The lowest BCUT2D eigenvalue weighted by Crippen LogP contribution is -2.42. The van der Waals surface area contributed by atoms with Gasteiger partial charge in [0.15, 0.2) is 0 Å². The van der Waals surface area contributed by atoms with E-state index in [1.54, 1.807) is 37.8 Å². The molecule has 1 N–H and O–H groups in total. The van der Waals surface area contributed by atoms with Crippen LogP contribution in [0.3, 0.4) is 0 Å². The van der Waals surface area contributed by atoms with E-state index in [1.807, 2.05) is 91.2 Å². The van der Waals surface area contributed by atoms with Gasteiger partial charge in [-0.05, 0) is 64.6 Å². The van der Waals surface area contributed by atoms with E-state index >= 15 is 0 Å². The summed E-state index contributed by atoms with van der Waals surface area (Å²) in [5.74, 6) is 1.26. The summed E-state index contributed by atoms with van der Waals surface area (Å²) >= 11 is 0. The quantitative estimate of drug-likeness (QED) is 0.143. The molecule has 0 bridgehead atoms. The number of methoxy groups -OCH3 is 1. The molecule has 0 aliphatic heterocycles. The molecule has 0 fully saturated rings. The van der Waals surface area contributed by atoms with Gasteiger partial charge in [-0.25, -0.2) is 0 Å². The Bertz CT molecular complexity index is 1870. The highest BCUT2D eigenvalue weighted by molar-refractivity contribution is 5.82. The van der Waals surface area contributed by atoms with Gasteiger partial charge in [-0.2, -0.15) is 9.78 Å². The Morgan fingerprint density at radius 1 is 1.05 bits per heavy atom. The molecule has 1 aliphatic carbocycles. The van der Waals surface area contributed by atoms with Crippen LogP contribution in [0.5, 0.6) is 11.5 Å². The number of aromatic amines is 1. The van der Waals surface area contributed by atoms with Crippen LogP contribution in [0.15, 0.2) is 127 Å². The van der Waals surface area contributed by atoms with Crippen molar-refractivity contribution < 1.29 is 14.4 Å². The molecule has 0 radical (unpaired) electrons. The van der Waals surface area contributed by atoms with E-state index in [0.29, 0.717) is 23.7 Å². The second kappa shape index (κ2) is 12.0. The molecular weight excluding hydrogens is 542 g/mol. The van der Waals surface area contributed by atoms with Gasteiger partial charge < -0.3 is 14.5 Å². The van der Waals surface area contributed by atoms with Crippen molar-refractivity contribution in [1.29, 1.82) is 0 Å². The number of nitrogens with zero attached hydrogens (tertiary/aromatic N) is 4. The van der Waals surface area contributed by atoms with Gasteiger partial charge in [0.05, 0.1) is 24.1 Å². The van der Waals surface area contributed by atoms with Crippen LogP contribution in [0.4, 0.5) is 0 Å². The highest BCUT2D eigenvalue weighted by atomic mass is 16.6. The lowest BCUT2D eigenvalue weighted by Gasteiger charge is -2.26. The summed E-state index contributed by atoms with van der Waals surface area (Å²) in [5.41, 5.74) is 3.54. The smallest absolute Gasteiger partial charge is 0.338 e. The number of ether oxygens (including phenoxy) is 2. The van der Waals surface area contributed by atoms with Gasteiger partial charge in [-0.3, -0.25) is 15.1 Å². The maximum Gasteiger partial charge on any atom is 0.338 e. The molecular formula is C34H29N5O4. The molecule has 0 saturated heterocycles. The minimum Gasteiger partial charge on any atom is -0.496 e. The van der Waals surface area contributed by atoms with Gasteiger partial charge >= 0.3 is 5.66 Å². The first kappa shape index (κ1) is 27.5. The maximum atomic E-state index is 12.6. The van der Waals surface area contributed by atoms with Crippen molar-refractivity contribution in [3.63, 3.8) is 0 Å². The number of aromatic nitrogens is 4. The Labute approximate surface area is 248 Å². The fourth-order valence-corrected chi connectivity index (χ4v) is 5.09. The minimum absolute atomic E-state index is 0.145. The number of rotatable bonds is 10. The first-order chi connectivity index (χ1) is 21.0. The SMILES string of the molecule is COc1cc(OCc2ccccn2)ccc1C=CC1=CC(n2cccn2)([N+](=O)[O-])CC(C=Cc2ccc3cc[nH]c3c2)=C1. The zero-order valence-electron chi connectivity index (χ0n) is 23.5. The molecule has 0 amide bonds. The molecule has 1 unspecified atom stereocenters. The molecule has 0 saturated carbocycles. The number of hydrogen-bond donors (Lipinski definition) is 1. The van der Waals surface area contributed by atoms with Crippen LogP contribution in [-0.4, -0.2) is 31.8 Å². The van der Waals surface area contributed by atoms with Gasteiger partial charge in [0.2, 0.25) is 0 Å². The number of H-pyrrole nitrogens is 1. The normalized spacial score (nSPS) is 16.9. The number of allylic oxidation sites excluding steroid dienone is 4. The van der Waals surface area contributed by atoms with E-state index in [-0.39, 0.29) is 11.3 Å². The summed E-state index contributed by atoms with van der Waals surface area (Å²) < 4.78 is 12.9. The van der Waals surface area contributed by atoms with E-state index in [2.05, 4.69) is 21.1 Å². The monoisotopic (exact) mass is 571 g/mol. The minimum atomic E-state index is -1.58. The number of nitrogens with one attached hydrogen (secondary N) is 1. The van der Waals surface area contributed by atoms with Crippen LogP contribution < -0.4 is 9.47 Å². The van der Waals surface area contributed by atoms with Crippen molar-refractivity contribution in [3.8, 4) is 11.5 Å². The number of benzene rings is 2. The highest BCUT2D eigenvalue weighted by Gasteiger charge is 2.45. The second-order valence-corrected chi connectivity index (χ2v) is 10.1. The van der Waals surface area contributed by atoms with Crippen molar-refractivity contribution in [2.45, 2.75) is 18.7 Å². The Hall–Kier alpha value is -5.70. The summed E-state index contributed by atoms with van der Waals surface area (Å²) in [4.78, 5) is 19.8. The fraction of sp³-hybridized carbons (Fsp3) is 0.118. The first-order valence-electron chi connectivity index (χ1n) is 13.7. The molecule has 6 rings (SSSR count). The standard InChI is InChI=1S/C34H29N5O4/c1-42-33-21-31(43-24-30-5-2-3-15-35-30)13-12-29(33)11-9-27-19-26(7-6-25-8-10-28-14-17-36-32(28)20-25)22-34(23-27,39(40)41)38-18-4-16-37-38/h2-21,23,36H,22,24H2,1H3. The van der Waals surface area contributed by atoms with Crippen LogP contribution >= 0.6 is 0 Å². The van der Waals surface area contributed by atoms with Crippen LogP contribution in [0.1, 0.15) is 23.2 Å². The van der Waals surface area contributed by atoms with E-state index in [9.17, 15) is 10.1 Å². The number of nitro groups is 1. The van der Waals surface area contributed by atoms with E-state index in [4.69, 9.17) is 9.47 Å². The van der Waals surface area contributed by atoms with E-state index in [1.165, 1.54) is 4.68 Å². The Kier molecular flexibility index (Phi) is 7.69.